The van der Waals surface area contributed by atoms with E-state index < -0.39 is 0 Å². The summed E-state index contributed by atoms with van der Waals surface area (Å²) >= 11 is 0. The average molecular weight is 242 g/mol. The van der Waals surface area contributed by atoms with Gasteiger partial charge in [-0.25, -0.2) is 4.98 Å². The largest absolute Gasteiger partial charge is 0.311 e. The van der Waals surface area contributed by atoms with Crippen LogP contribution in [0.2, 0.25) is 0 Å². The highest BCUT2D eigenvalue weighted by atomic mass is 16.1. The van der Waals surface area contributed by atoms with E-state index in [-0.39, 0.29) is 5.56 Å². The third-order valence-electron chi connectivity index (χ3n) is 3.00. The molecule has 0 atom stereocenters. The summed E-state index contributed by atoms with van der Waals surface area (Å²) in [6.07, 6.45) is 0.729. The standard InChI is InChI=1S/C15H18N2O/c1-4-14-16-13(9-15(18)17-14)12-7-5-11(6-8-12)10(2)3/h5-10H,4H2,1-3H3,(H,16,17,18). The minimum absolute atomic E-state index is 0.0928. The lowest BCUT2D eigenvalue weighted by Crippen LogP contribution is -2.10. The van der Waals surface area contributed by atoms with Gasteiger partial charge in [0.25, 0.3) is 5.56 Å². The van der Waals surface area contributed by atoms with Crippen LogP contribution in [0.1, 0.15) is 38.1 Å². The second-order valence-electron chi connectivity index (χ2n) is 4.71. The highest BCUT2D eigenvalue weighted by molar-refractivity contribution is 5.59. The molecule has 0 saturated heterocycles. The van der Waals surface area contributed by atoms with Crippen molar-refractivity contribution in [1.29, 1.82) is 0 Å². The first-order chi connectivity index (χ1) is 8.60. The summed E-state index contributed by atoms with van der Waals surface area (Å²) in [7, 11) is 0. The maximum Gasteiger partial charge on any atom is 0.251 e. The van der Waals surface area contributed by atoms with Gasteiger partial charge in [-0.05, 0) is 11.5 Å². The molecule has 1 aromatic heterocycles. The van der Waals surface area contributed by atoms with Crippen LogP contribution in [-0.2, 0) is 6.42 Å². The van der Waals surface area contributed by atoms with E-state index in [1.54, 1.807) is 6.07 Å². The lowest BCUT2D eigenvalue weighted by molar-refractivity contribution is 0.866. The molecule has 0 bridgehead atoms. The second-order valence-corrected chi connectivity index (χ2v) is 4.71. The summed E-state index contributed by atoms with van der Waals surface area (Å²) in [5.41, 5.74) is 2.93. The number of nitrogens with one attached hydrogen (secondary N) is 1. The van der Waals surface area contributed by atoms with Gasteiger partial charge in [-0.15, -0.1) is 0 Å². The van der Waals surface area contributed by atoms with Crippen molar-refractivity contribution in [3.63, 3.8) is 0 Å². The molecule has 18 heavy (non-hydrogen) atoms. The summed E-state index contributed by atoms with van der Waals surface area (Å²) in [6.45, 7) is 6.30. The van der Waals surface area contributed by atoms with Crippen LogP contribution in [0.5, 0.6) is 0 Å². The number of benzene rings is 1. The minimum Gasteiger partial charge on any atom is -0.311 e. The van der Waals surface area contributed by atoms with Crippen molar-refractivity contribution < 1.29 is 0 Å². The van der Waals surface area contributed by atoms with E-state index in [0.717, 1.165) is 23.5 Å². The van der Waals surface area contributed by atoms with Crippen LogP contribution in [-0.4, -0.2) is 9.97 Å². The Morgan fingerprint density at radius 2 is 1.89 bits per heavy atom. The van der Waals surface area contributed by atoms with Crippen LogP contribution in [0.25, 0.3) is 11.3 Å². The Hall–Kier alpha value is -1.90. The van der Waals surface area contributed by atoms with Crippen LogP contribution in [0.15, 0.2) is 35.1 Å². The number of aromatic nitrogens is 2. The van der Waals surface area contributed by atoms with E-state index in [1.807, 2.05) is 19.1 Å². The summed E-state index contributed by atoms with van der Waals surface area (Å²) < 4.78 is 0. The van der Waals surface area contributed by atoms with Gasteiger partial charge in [-0.3, -0.25) is 4.79 Å². The van der Waals surface area contributed by atoms with Gasteiger partial charge >= 0.3 is 0 Å². The predicted octanol–water partition coefficient (Wildman–Crippen LogP) is 3.12. The van der Waals surface area contributed by atoms with Crippen LogP contribution < -0.4 is 5.56 Å². The molecule has 2 rings (SSSR count). The van der Waals surface area contributed by atoms with Crippen molar-refractivity contribution in [2.45, 2.75) is 33.1 Å². The van der Waals surface area contributed by atoms with Crippen LogP contribution in [0.3, 0.4) is 0 Å². The van der Waals surface area contributed by atoms with E-state index in [4.69, 9.17) is 0 Å². The smallest absolute Gasteiger partial charge is 0.251 e. The molecule has 0 aliphatic rings. The molecule has 3 nitrogen and oxygen atoms in total. The lowest BCUT2D eigenvalue weighted by Gasteiger charge is -2.07. The third kappa shape index (κ3) is 2.67. The second kappa shape index (κ2) is 5.17. The summed E-state index contributed by atoms with van der Waals surface area (Å²) in [4.78, 5) is 18.7. The van der Waals surface area contributed by atoms with Gasteiger partial charge < -0.3 is 4.98 Å². The van der Waals surface area contributed by atoms with Crippen LogP contribution in [0.4, 0.5) is 0 Å². The summed E-state index contributed by atoms with van der Waals surface area (Å²) in [5.74, 6) is 1.24. The number of nitrogens with zero attached hydrogens (tertiary/aromatic N) is 1. The fourth-order valence-corrected chi connectivity index (χ4v) is 1.86. The molecule has 0 radical (unpaired) electrons. The van der Waals surface area contributed by atoms with E-state index in [0.29, 0.717) is 5.92 Å². The molecule has 2 aromatic rings. The van der Waals surface area contributed by atoms with Crippen molar-refractivity contribution in [1.82, 2.24) is 9.97 Å². The van der Waals surface area contributed by atoms with E-state index in [2.05, 4.69) is 35.9 Å². The Balaban J connectivity index is 2.42. The number of rotatable bonds is 3. The zero-order chi connectivity index (χ0) is 13.1. The van der Waals surface area contributed by atoms with Crippen molar-refractivity contribution in [3.05, 3.63) is 52.1 Å². The molecule has 1 N–H and O–H groups in total. The topological polar surface area (TPSA) is 45.8 Å². The van der Waals surface area contributed by atoms with E-state index >= 15 is 0 Å². The molecule has 94 valence electrons. The molecule has 1 heterocycles. The van der Waals surface area contributed by atoms with E-state index in [1.165, 1.54) is 5.56 Å². The number of aromatic amines is 1. The van der Waals surface area contributed by atoms with Gasteiger partial charge in [0.1, 0.15) is 5.82 Å². The Kier molecular flexibility index (Phi) is 3.60. The first-order valence-electron chi connectivity index (χ1n) is 6.30. The maximum atomic E-state index is 11.5. The maximum absolute atomic E-state index is 11.5. The fourth-order valence-electron chi connectivity index (χ4n) is 1.86. The summed E-state index contributed by atoms with van der Waals surface area (Å²) in [5, 5.41) is 0. The van der Waals surface area contributed by atoms with Gasteiger partial charge in [0.15, 0.2) is 0 Å². The number of aryl methyl sites for hydroxylation is 1. The third-order valence-corrected chi connectivity index (χ3v) is 3.00. The zero-order valence-corrected chi connectivity index (χ0v) is 11.0. The Bertz CT molecular complexity index is 582. The molecular formula is C15H18N2O. The van der Waals surface area contributed by atoms with Crippen LogP contribution in [0, 0.1) is 0 Å². The Labute approximate surface area is 107 Å². The van der Waals surface area contributed by atoms with Crippen LogP contribution >= 0.6 is 0 Å². The molecule has 1 aromatic carbocycles. The molecule has 0 amide bonds. The monoisotopic (exact) mass is 242 g/mol. The number of H-pyrrole nitrogens is 1. The number of hydrogen-bond acceptors (Lipinski definition) is 2. The molecular weight excluding hydrogens is 224 g/mol. The zero-order valence-electron chi connectivity index (χ0n) is 11.0. The quantitative estimate of drug-likeness (QED) is 0.898. The first-order valence-corrected chi connectivity index (χ1v) is 6.30. The highest BCUT2D eigenvalue weighted by Gasteiger charge is 2.04. The van der Waals surface area contributed by atoms with Crippen molar-refractivity contribution in [2.24, 2.45) is 0 Å². The average Bonchev–Trinajstić information content (AvgIpc) is 2.38. The summed E-state index contributed by atoms with van der Waals surface area (Å²) in [6, 6.07) is 9.78. The highest BCUT2D eigenvalue weighted by Crippen LogP contribution is 2.20. The number of hydrogen-bond donors (Lipinski definition) is 1. The van der Waals surface area contributed by atoms with Gasteiger partial charge in [-0.1, -0.05) is 45.0 Å². The Morgan fingerprint density at radius 1 is 1.22 bits per heavy atom. The van der Waals surface area contributed by atoms with Gasteiger partial charge in [-0.2, -0.15) is 0 Å². The Morgan fingerprint density at radius 3 is 2.44 bits per heavy atom. The molecule has 0 aliphatic carbocycles. The fraction of sp³-hybridized carbons (Fsp3) is 0.333. The molecule has 0 saturated carbocycles. The normalized spacial score (nSPS) is 10.9. The van der Waals surface area contributed by atoms with Crippen molar-refractivity contribution in [3.8, 4) is 11.3 Å². The van der Waals surface area contributed by atoms with Crippen molar-refractivity contribution >= 4 is 0 Å². The van der Waals surface area contributed by atoms with Gasteiger partial charge in [0.05, 0.1) is 5.69 Å². The minimum atomic E-state index is -0.0928. The van der Waals surface area contributed by atoms with Crippen molar-refractivity contribution in [2.75, 3.05) is 0 Å². The van der Waals surface area contributed by atoms with Gasteiger partial charge in [0.2, 0.25) is 0 Å². The first kappa shape index (κ1) is 12.6. The molecule has 0 unspecified atom stereocenters. The predicted molar refractivity (Wildman–Crippen MR) is 73.8 cm³/mol. The molecule has 3 heteroatoms. The molecule has 0 fully saturated rings. The molecule has 0 spiro atoms. The lowest BCUT2D eigenvalue weighted by atomic mass is 10.0. The SMILES string of the molecule is CCc1nc(-c2ccc(C(C)C)cc2)cc(=O)[nH]1. The molecule has 0 aliphatic heterocycles. The van der Waals surface area contributed by atoms with E-state index in [9.17, 15) is 4.79 Å². The van der Waals surface area contributed by atoms with Gasteiger partial charge in [0, 0.05) is 18.1 Å².